The predicted octanol–water partition coefficient (Wildman–Crippen LogP) is 3.74. The van der Waals surface area contributed by atoms with Crippen molar-refractivity contribution in [3.63, 3.8) is 0 Å². The van der Waals surface area contributed by atoms with Gasteiger partial charge in [0.05, 0.1) is 6.61 Å². The fourth-order valence-corrected chi connectivity index (χ4v) is 2.67. The van der Waals surface area contributed by atoms with Crippen LogP contribution in [0.3, 0.4) is 0 Å². The molecule has 1 atom stereocenters. The summed E-state index contributed by atoms with van der Waals surface area (Å²) in [6.45, 7) is 0.417. The van der Waals surface area contributed by atoms with Gasteiger partial charge in [-0.3, -0.25) is 0 Å². The van der Waals surface area contributed by atoms with Crippen molar-refractivity contribution in [1.29, 1.82) is 0 Å². The quantitative estimate of drug-likeness (QED) is 0.750. The summed E-state index contributed by atoms with van der Waals surface area (Å²) < 4.78 is 11.1. The highest BCUT2D eigenvalue weighted by Crippen LogP contribution is 2.28. The standard InChI is InChI=1S/C16H13NO4S/c18-16(19)13-9-14(21-17-13)15(11-5-2-1-3-6-11)20-10-12-7-4-8-22-12/h1-9,15H,10H2,(H,18,19). The number of carboxylic acid groups (broad SMARTS) is 1. The minimum Gasteiger partial charge on any atom is -0.476 e. The van der Waals surface area contributed by atoms with E-state index in [1.165, 1.54) is 6.07 Å². The molecule has 3 aromatic rings. The number of ether oxygens (including phenoxy) is 1. The van der Waals surface area contributed by atoms with E-state index >= 15 is 0 Å². The molecule has 2 aromatic heterocycles. The molecule has 0 spiro atoms. The van der Waals surface area contributed by atoms with Gasteiger partial charge in [0, 0.05) is 10.9 Å². The maximum absolute atomic E-state index is 11.0. The number of carbonyl (C=O) groups is 1. The second-order valence-corrected chi connectivity index (χ2v) is 5.63. The summed E-state index contributed by atoms with van der Waals surface area (Å²) in [5, 5.41) is 14.5. The van der Waals surface area contributed by atoms with Crippen LogP contribution in [0.4, 0.5) is 0 Å². The van der Waals surface area contributed by atoms with Crippen molar-refractivity contribution < 1.29 is 19.2 Å². The van der Waals surface area contributed by atoms with Gasteiger partial charge in [0.25, 0.3) is 0 Å². The summed E-state index contributed by atoms with van der Waals surface area (Å²) in [6.07, 6.45) is -0.496. The normalized spacial score (nSPS) is 12.2. The predicted molar refractivity (Wildman–Crippen MR) is 80.9 cm³/mol. The van der Waals surface area contributed by atoms with E-state index in [2.05, 4.69) is 5.16 Å². The molecule has 0 aliphatic carbocycles. The number of rotatable bonds is 6. The van der Waals surface area contributed by atoms with Crippen LogP contribution in [0.5, 0.6) is 0 Å². The highest BCUT2D eigenvalue weighted by Gasteiger charge is 2.22. The second kappa shape index (κ2) is 6.55. The van der Waals surface area contributed by atoms with Gasteiger partial charge in [0.2, 0.25) is 0 Å². The number of hydrogen-bond donors (Lipinski definition) is 1. The number of thiophene rings is 1. The number of aromatic carboxylic acids is 1. The van der Waals surface area contributed by atoms with Crippen molar-refractivity contribution in [2.75, 3.05) is 0 Å². The lowest BCUT2D eigenvalue weighted by Crippen LogP contribution is -2.05. The average Bonchev–Trinajstić information content (AvgIpc) is 3.20. The average molecular weight is 315 g/mol. The molecule has 0 amide bonds. The summed E-state index contributed by atoms with van der Waals surface area (Å²) in [6, 6.07) is 14.8. The number of benzene rings is 1. The summed E-state index contributed by atoms with van der Waals surface area (Å²) >= 11 is 1.60. The fourth-order valence-electron chi connectivity index (χ4n) is 2.04. The van der Waals surface area contributed by atoms with E-state index in [1.54, 1.807) is 11.3 Å². The molecule has 0 fully saturated rings. The second-order valence-electron chi connectivity index (χ2n) is 4.60. The highest BCUT2D eigenvalue weighted by atomic mass is 32.1. The van der Waals surface area contributed by atoms with Gasteiger partial charge in [-0.05, 0) is 17.0 Å². The van der Waals surface area contributed by atoms with Crippen LogP contribution in [0.25, 0.3) is 0 Å². The summed E-state index contributed by atoms with van der Waals surface area (Å²) in [5.74, 6) is -0.750. The lowest BCUT2D eigenvalue weighted by molar-refractivity contribution is 0.0497. The van der Waals surface area contributed by atoms with Gasteiger partial charge < -0.3 is 14.4 Å². The van der Waals surface area contributed by atoms with Crippen molar-refractivity contribution in [3.8, 4) is 0 Å². The molecular formula is C16H13NO4S. The molecular weight excluding hydrogens is 302 g/mol. The first-order chi connectivity index (χ1) is 10.7. The zero-order valence-corrected chi connectivity index (χ0v) is 12.3. The Morgan fingerprint density at radius 2 is 2.09 bits per heavy atom. The molecule has 1 unspecified atom stereocenters. The van der Waals surface area contributed by atoms with E-state index in [0.717, 1.165) is 10.4 Å². The third-order valence-electron chi connectivity index (χ3n) is 3.08. The lowest BCUT2D eigenvalue weighted by atomic mass is 10.1. The first kappa shape index (κ1) is 14.5. The van der Waals surface area contributed by atoms with Gasteiger partial charge >= 0.3 is 5.97 Å². The molecule has 5 nitrogen and oxygen atoms in total. The zero-order valence-electron chi connectivity index (χ0n) is 11.5. The molecule has 3 rings (SSSR count). The Balaban J connectivity index is 1.86. The molecule has 0 aliphatic heterocycles. The van der Waals surface area contributed by atoms with E-state index in [1.807, 2.05) is 47.8 Å². The zero-order chi connectivity index (χ0) is 15.4. The topological polar surface area (TPSA) is 72.6 Å². The Bertz CT molecular complexity index is 737. The first-order valence-electron chi connectivity index (χ1n) is 6.63. The van der Waals surface area contributed by atoms with Crippen LogP contribution in [0.2, 0.25) is 0 Å². The Kier molecular flexibility index (Phi) is 4.32. The van der Waals surface area contributed by atoms with E-state index in [0.29, 0.717) is 12.4 Å². The van der Waals surface area contributed by atoms with Gasteiger partial charge in [-0.1, -0.05) is 41.6 Å². The Morgan fingerprint density at radius 1 is 1.27 bits per heavy atom. The van der Waals surface area contributed by atoms with Crippen LogP contribution in [0.15, 0.2) is 58.4 Å². The van der Waals surface area contributed by atoms with Gasteiger partial charge in [0.15, 0.2) is 11.5 Å². The van der Waals surface area contributed by atoms with Gasteiger partial charge in [-0.2, -0.15) is 0 Å². The summed E-state index contributed by atoms with van der Waals surface area (Å²) in [7, 11) is 0. The van der Waals surface area contributed by atoms with Crippen molar-refractivity contribution in [2.24, 2.45) is 0 Å². The van der Waals surface area contributed by atoms with Crippen molar-refractivity contribution >= 4 is 17.3 Å². The van der Waals surface area contributed by atoms with Crippen molar-refractivity contribution in [2.45, 2.75) is 12.7 Å². The SMILES string of the molecule is O=C(O)c1cc(C(OCc2cccs2)c2ccccc2)on1. The van der Waals surface area contributed by atoms with Gasteiger partial charge in [-0.25, -0.2) is 4.79 Å². The van der Waals surface area contributed by atoms with Crippen LogP contribution in [-0.2, 0) is 11.3 Å². The van der Waals surface area contributed by atoms with E-state index in [-0.39, 0.29) is 5.69 Å². The summed E-state index contributed by atoms with van der Waals surface area (Å²) in [5.41, 5.74) is 0.753. The Hall–Kier alpha value is -2.44. The molecule has 2 heterocycles. The smallest absolute Gasteiger partial charge is 0.358 e. The van der Waals surface area contributed by atoms with Crippen LogP contribution < -0.4 is 0 Å². The van der Waals surface area contributed by atoms with Crippen LogP contribution in [-0.4, -0.2) is 16.2 Å². The molecule has 6 heteroatoms. The van der Waals surface area contributed by atoms with Crippen molar-refractivity contribution in [3.05, 3.63) is 75.8 Å². The van der Waals surface area contributed by atoms with Gasteiger partial charge in [0.1, 0.15) is 6.10 Å². The summed E-state index contributed by atoms with van der Waals surface area (Å²) in [4.78, 5) is 12.0. The fraction of sp³-hybridized carbons (Fsp3) is 0.125. The van der Waals surface area contributed by atoms with Crippen molar-refractivity contribution in [1.82, 2.24) is 5.16 Å². The molecule has 0 aliphatic rings. The maximum atomic E-state index is 11.0. The molecule has 22 heavy (non-hydrogen) atoms. The monoisotopic (exact) mass is 315 g/mol. The van der Waals surface area contributed by atoms with Gasteiger partial charge in [-0.15, -0.1) is 11.3 Å². The third kappa shape index (κ3) is 3.24. The maximum Gasteiger partial charge on any atom is 0.358 e. The number of carboxylic acids is 1. The Morgan fingerprint density at radius 3 is 2.73 bits per heavy atom. The molecule has 1 N–H and O–H groups in total. The third-order valence-corrected chi connectivity index (χ3v) is 3.93. The number of nitrogens with zero attached hydrogens (tertiary/aromatic N) is 1. The lowest BCUT2D eigenvalue weighted by Gasteiger charge is -2.15. The number of aromatic nitrogens is 1. The molecule has 0 bridgehead atoms. The minimum absolute atomic E-state index is 0.129. The van der Waals surface area contributed by atoms with E-state index < -0.39 is 12.1 Å². The van der Waals surface area contributed by atoms with E-state index in [9.17, 15) is 4.79 Å². The number of hydrogen-bond acceptors (Lipinski definition) is 5. The van der Waals surface area contributed by atoms with E-state index in [4.69, 9.17) is 14.4 Å². The first-order valence-corrected chi connectivity index (χ1v) is 7.51. The molecule has 112 valence electrons. The van der Waals surface area contributed by atoms with Crippen LogP contribution >= 0.6 is 11.3 Å². The molecule has 0 saturated heterocycles. The molecule has 0 saturated carbocycles. The largest absolute Gasteiger partial charge is 0.476 e. The minimum atomic E-state index is -1.12. The van der Waals surface area contributed by atoms with Crippen LogP contribution in [0, 0.1) is 0 Å². The highest BCUT2D eigenvalue weighted by molar-refractivity contribution is 7.09. The molecule has 0 radical (unpaired) electrons. The Labute approximate surface area is 130 Å². The van der Waals surface area contributed by atoms with Crippen LogP contribution in [0.1, 0.15) is 32.8 Å². The molecule has 1 aromatic carbocycles.